The number of methoxy groups -OCH3 is 1. The lowest BCUT2D eigenvalue weighted by molar-refractivity contribution is -0.116. The number of thioether (sulfide) groups is 1. The normalized spacial score (nSPS) is 16.2. The summed E-state index contributed by atoms with van der Waals surface area (Å²) in [6.07, 6.45) is 0.914. The predicted octanol–water partition coefficient (Wildman–Crippen LogP) is 3.64. The fourth-order valence-electron chi connectivity index (χ4n) is 3.31. The molecule has 1 N–H and O–H groups in total. The Bertz CT molecular complexity index is 937. The quantitative estimate of drug-likeness (QED) is 0.728. The van der Waals surface area contributed by atoms with Crippen LogP contribution in [0.25, 0.3) is 11.0 Å². The second-order valence-electron chi connectivity index (χ2n) is 6.16. The van der Waals surface area contributed by atoms with Crippen LogP contribution in [0, 0.1) is 0 Å². The number of nitrogens with one attached hydrogen (secondary N) is 1. The van der Waals surface area contributed by atoms with E-state index in [2.05, 4.69) is 23.0 Å². The highest BCUT2D eigenvalue weighted by Crippen LogP contribution is 2.33. The van der Waals surface area contributed by atoms with Crippen molar-refractivity contribution >= 4 is 34.4 Å². The standard InChI is InChI=1S/C19H19N3O2S/c1-12-9-13-5-3-4-6-17(13)22(12)18(23)11-25-19-20-15-8-7-14(24-2)10-16(15)21-19/h3-8,10,12H,9,11H2,1-2H3,(H,20,21). The molecule has 2 heterocycles. The number of fused-ring (bicyclic) bond motifs is 2. The zero-order chi connectivity index (χ0) is 17.4. The zero-order valence-electron chi connectivity index (χ0n) is 14.2. The Morgan fingerprint density at radius 1 is 1.36 bits per heavy atom. The van der Waals surface area contributed by atoms with E-state index < -0.39 is 0 Å². The minimum atomic E-state index is 0.112. The first-order chi connectivity index (χ1) is 12.2. The molecule has 0 saturated carbocycles. The van der Waals surface area contributed by atoms with Gasteiger partial charge in [0, 0.05) is 17.8 Å². The lowest BCUT2D eigenvalue weighted by Crippen LogP contribution is -2.36. The van der Waals surface area contributed by atoms with Gasteiger partial charge in [0.15, 0.2) is 5.16 Å². The molecule has 0 saturated heterocycles. The van der Waals surface area contributed by atoms with E-state index in [9.17, 15) is 4.79 Å². The van der Waals surface area contributed by atoms with E-state index in [1.165, 1.54) is 17.3 Å². The molecular weight excluding hydrogens is 334 g/mol. The molecule has 1 amide bonds. The molecule has 4 rings (SSSR count). The van der Waals surface area contributed by atoms with Gasteiger partial charge in [-0.2, -0.15) is 0 Å². The van der Waals surface area contributed by atoms with Crippen LogP contribution in [0.4, 0.5) is 5.69 Å². The molecule has 1 aliphatic rings. The van der Waals surface area contributed by atoms with Gasteiger partial charge < -0.3 is 14.6 Å². The van der Waals surface area contributed by atoms with E-state index in [4.69, 9.17) is 4.74 Å². The molecule has 1 unspecified atom stereocenters. The number of ether oxygens (including phenoxy) is 1. The van der Waals surface area contributed by atoms with Crippen LogP contribution in [-0.4, -0.2) is 34.8 Å². The highest BCUT2D eigenvalue weighted by Gasteiger charge is 2.30. The molecule has 0 radical (unpaired) electrons. The number of carbonyl (C=O) groups excluding carboxylic acids is 1. The molecule has 3 aromatic rings. The second-order valence-corrected chi connectivity index (χ2v) is 7.12. The van der Waals surface area contributed by atoms with Gasteiger partial charge in [-0.3, -0.25) is 4.79 Å². The average Bonchev–Trinajstić information content (AvgIpc) is 3.18. The zero-order valence-corrected chi connectivity index (χ0v) is 15.0. The van der Waals surface area contributed by atoms with Crippen molar-refractivity contribution in [2.45, 2.75) is 24.5 Å². The fourth-order valence-corrected chi connectivity index (χ4v) is 4.05. The van der Waals surface area contributed by atoms with Crippen molar-refractivity contribution in [3.63, 3.8) is 0 Å². The van der Waals surface area contributed by atoms with Crippen molar-refractivity contribution in [2.24, 2.45) is 0 Å². The summed E-state index contributed by atoms with van der Waals surface area (Å²) in [5.74, 6) is 1.25. The van der Waals surface area contributed by atoms with Gasteiger partial charge in [0.05, 0.1) is 23.9 Å². The number of benzene rings is 2. The van der Waals surface area contributed by atoms with Crippen LogP contribution in [0.3, 0.4) is 0 Å². The molecule has 0 spiro atoms. The number of aromatic amines is 1. The van der Waals surface area contributed by atoms with Crippen molar-refractivity contribution in [2.75, 3.05) is 17.8 Å². The smallest absolute Gasteiger partial charge is 0.237 e. The van der Waals surface area contributed by atoms with Gasteiger partial charge in [0.2, 0.25) is 5.91 Å². The third-order valence-corrected chi connectivity index (χ3v) is 5.33. The summed E-state index contributed by atoms with van der Waals surface area (Å²) >= 11 is 1.43. The summed E-state index contributed by atoms with van der Waals surface area (Å²) in [6.45, 7) is 2.09. The Labute approximate surface area is 150 Å². The van der Waals surface area contributed by atoms with E-state index in [1.807, 2.05) is 41.3 Å². The number of hydrogen-bond acceptors (Lipinski definition) is 4. The molecule has 5 nitrogen and oxygen atoms in total. The summed E-state index contributed by atoms with van der Waals surface area (Å²) in [4.78, 5) is 22.4. The summed E-state index contributed by atoms with van der Waals surface area (Å²) in [7, 11) is 1.64. The van der Waals surface area contributed by atoms with Gasteiger partial charge in [0.25, 0.3) is 0 Å². The summed E-state index contributed by atoms with van der Waals surface area (Å²) in [6, 6.07) is 14.0. The van der Waals surface area contributed by atoms with Crippen LogP contribution >= 0.6 is 11.8 Å². The molecule has 0 aliphatic carbocycles. The van der Waals surface area contributed by atoms with Crippen LogP contribution < -0.4 is 9.64 Å². The summed E-state index contributed by atoms with van der Waals surface area (Å²) in [5, 5.41) is 0.747. The minimum Gasteiger partial charge on any atom is -0.497 e. The number of H-pyrrole nitrogens is 1. The first-order valence-corrected chi connectivity index (χ1v) is 9.21. The van der Waals surface area contributed by atoms with Crippen molar-refractivity contribution in [1.29, 1.82) is 0 Å². The number of nitrogens with zero attached hydrogens (tertiary/aromatic N) is 2. The van der Waals surface area contributed by atoms with Gasteiger partial charge in [0.1, 0.15) is 5.75 Å². The molecule has 6 heteroatoms. The van der Waals surface area contributed by atoms with Crippen molar-refractivity contribution < 1.29 is 9.53 Å². The van der Waals surface area contributed by atoms with Crippen LogP contribution in [0.15, 0.2) is 47.6 Å². The van der Waals surface area contributed by atoms with Crippen LogP contribution in [0.2, 0.25) is 0 Å². The number of para-hydroxylation sites is 1. The first-order valence-electron chi connectivity index (χ1n) is 8.22. The van der Waals surface area contributed by atoms with Crippen molar-refractivity contribution in [1.82, 2.24) is 9.97 Å². The largest absolute Gasteiger partial charge is 0.497 e. The molecule has 0 fully saturated rings. The van der Waals surface area contributed by atoms with Crippen LogP contribution in [-0.2, 0) is 11.2 Å². The number of hydrogen-bond donors (Lipinski definition) is 1. The fraction of sp³-hybridized carbons (Fsp3) is 0.263. The number of imidazole rings is 1. The number of rotatable bonds is 4. The molecule has 2 aromatic carbocycles. The second kappa shape index (κ2) is 6.44. The monoisotopic (exact) mass is 353 g/mol. The Balaban J connectivity index is 1.49. The molecule has 1 atom stereocenters. The molecule has 25 heavy (non-hydrogen) atoms. The first kappa shape index (κ1) is 16.0. The summed E-state index contributed by atoms with van der Waals surface area (Å²) < 4.78 is 5.23. The maximum atomic E-state index is 12.8. The third kappa shape index (κ3) is 2.98. The molecular formula is C19H19N3O2S. The van der Waals surface area contributed by atoms with Gasteiger partial charge >= 0.3 is 0 Å². The predicted molar refractivity (Wildman–Crippen MR) is 100 cm³/mol. The van der Waals surface area contributed by atoms with Gasteiger partial charge in [-0.25, -0.2) is 4.98 Å². The number of amides is 1. The number of aromatic nitrogens is 2. The Kier molecular flexibility index (Phi) is 4.13. The van der Waals surface area contributed by atoms with Crippen molar-refractivity contribution in [3.05, 3.63) is 48.0 Å². The highest BCUT2D eigenvalue weighted by molar-refractivity contribution is 7.99. The Hall–Kier alpha value is -2.47. The van der Waals surface area contributed by atoms with E-state index in [1.54, 1.807) is 7.11 Å². The van der Waals surface area contributed by atoms with E-state index >= 15 is 0 Å². The molecule has 128 valence electrons. The van der Waals surface area contributed by atoms with Crippen molar-refractivity contribution in [3.8, 4) is 5.75 Å². The topological polar surface area (TPSA) is 58.2 Å². The SMILES string of the molecule is COc1ccc2nc(SCC(=O)N3c4ccccc4CC3C)[nH]c2c1. The highest BCUT2D eigenvalue weighted by atomic mass is 32.2. The van der Waals surface area contributed by atoms with Crippen LogP contribution in [0.5, 0.6) is 5.75 Å². The van der Waals surface area contributed by atoms with Gasteiger partial charge in [-0.15, -0.1) is 0 Å². The molecule has 1 aromatic heterocycles. The Morgan fingerprint density at radius 2 is 2.20 bits per heavy atom. The van der Waals surface area contributed by atoms with E-state index in [0.29, 0.717) is 5.75 Å². The number of anilines is 1. The third-order valence-electron chi connectivity index (χ3n) is 4.48. The van der Waals surface area contributed by atoms with Gasteiger partial charge in [-0.05, 0) is 37.1 Å². The lowest BCUT2D eigenvalue weighted by atomic mass is 10.1. The summed E-state index contributed by atoms with van der Waals surface area (Å²) in [5.41, 5.74) is 4.06. The lowest BCUT2D eigenvalue weighted by Gasteiger charge is -2.22. The van der Waals surface area contributed by atoms with Crippen LogP contribution in [0.1, 0.15) is 12.5 Å². The van der Waals surface area contributed by atoms with E-state index in [0.717, 1.165) is 34.0 Å². The molecule has 0 bridgehead atoms. The average molecular weight is 353 g/mol. The maximum absolute atomic E-state index is 12.8. The number of carbonyl (C=O) groups is 1. The Morgan fingerprint density at radius 3 is 3.04 bits per heavy atom. The maximum Gasteiger partial charge on any atom is 0.237 e. The molecule has 1 aliphatic heterocycles. The van der Waals surface area contributed by atoms with Gasteiger partial charge in [-0.1, -0.05) is 30.0 Å². The minimum absolute atomic E-state index is 0.112. The van der Waals surface area contributed by atoms with E-state index in [-0.39, 0.29) is 11.9 Å².